The smallest absolute Gasteiger partial charge is 0.323 e. The van der Waals surface area contributed by atoms with Gasteiger partial charge in [-0.25, -0.2) is 5.84 Å². The third-order valence-electron chi connectivity index (χ3n) is 2.64. The van der Waals surface area contributed by atoms with Crippen LogP contribution in [0.5, 0.6) is 6.01 Å². The van der Waals surface area contributed by atoms with E-state index in [1.54, 1.807) is 0 Å². The predicted octanol–water partition coefficient (Wildman–Crippen LogP) is 0.807. The third-order valence-corrected chi connectivity index (χ3v) is 2.64. The van der Waals surface area contributed by atoms with Crippen LogP contribution in [0.3, 0.4) is 0 Å². The first-order valence-corrected chi connectivity index (χ1v) is 6.86. The van der Waals surface area contributed by atoms with Crippen molar-refractivity contribution in [3.05, 3.63) is 0 Å². The molecule has 0 aliphatic rings. The molecule has 0 aliphatic heterocycles. The Hall–Kier alpha value is -1.67. The summed E-state index contributed by atoms with van der Waals surface area (Å²) in [5.41, 5.74) is 2.43. The molecule has 1 atom stereocenters. The number of aromatic nitrogens is 3. The zero-order valence-electron chi connectivity index (χ0n) is 12.6. The van der Waals surface area contributed by atoms with Crippen LogP contribution in [-0.2, 0) is 4.74 Å². The van der Waals surface area contributed by atoms with Gasteiger partial charge < -0.3 is 14.4 Å². The van der Waals surface area contributed by atoms with E-state index in [9.17, 15) is 0 Å². The van der Waals surface area contributed by atoms with Gasteiger partial charge in [0.1, 0.15) is 6.10 Å². The molecule has 0 radical (unpaired) electrons. The Balaban J connectivity index is 2.87. The normalized spacial score (nSPS) is 12.1. The van der Waals surface area contributed by atoms with E-state index >= 15 is 0 Å². The van der Waals surface area contributed by atoms with Gasteiger partial charge in [-0.2, -0.15) is 15.0 Å². The quantitative estimate of drug-likeness (QED) is 0.507. The molecule has 0 amide bonds. The average molecular weight is 284 g/mol. The number of nitrogen functional groups attached to an aromatic ring is 1. The van der Waals surface area contributed by atoms with Crippen LogP contribution in [-0.4, -0.2) is 47.4 Å². The van der Waals surface area contributed by atoms with Gasteiger partial charge in [0.05, 0.1) is 6.61 Å². The minimum atomic E-state index is -0.146. The lowest BCUT2D eigenvalue weighted by molar-refractivity contribution is 0.0607. The van der Waals surface area contributed by atoms with Crippen molar-refractivity contribution in [2.45, 2.75) is 33.8 Å². The Morgan fingerprint density at radius 1 is 1.20 bits per heavy atom. The molecular formula is C12H24N6O2. The first kappa shape index (κ1) is 16.4. The summed E-state index contributed by atoms with van der Waals surface area (Å²) >= 11 is 0. The number of nitrogens with one attached hydrogen (secondary N) is 1. The largest absolute Gasteiger partial charge is 0.458 e. The second-order valence-electron chi connectivity index (χ2n) is 4.15. The first-order valence-electron chi connectivity index (χ1n) is 6.86. The van der Waals surface area contributed by atoms with E-state index in [1.807, 2.05) is 32.6 Å². The lowest BCUT2D eigenvalue weighted by Crippen LogP contribution is -2.27. The van der Waals surface area contributed by atoms with Crippen LogP contribution in [0.15, 0.2) is 0 Å². The molecule has 0 bridgehead atoms. The molecule has 20 heavy (non-hydrogen) atoms. The second-order valence-corrected chi connectivity index (χ2v) is 4.15. The van der Waals surface area contributed by atoms with Gasteiger partial charge in [0.15, 0.2) is 0 Å². The molecule has 1 heterocycles. The van der Waals surface area contributed by atoms with Gasteiger partial charge >= 0.3 is 6.01 Å². The van der Waals surface area contributed by atoms with E-state index in [-0.39, 0.29) is 18.1 Å². The summed E-state index contributed by atoms with van der Waals surface area (Å²) in [4.78, 5) is 14.6. The molecule has 0 saturated heterocycles. The Bertz CT molecular complexity index is 400. The summed E-state index contributed by atoms with van der Waals surface area (Å²) in [5.74, 6) is 6.20. The molecule has 8 nitrogen and oxygen atoms in total. The molecule has 0 fully saturated rings. The van der Waals surface area contributed by atoms with E-state index < -0.39 is 0 Å². The van der Waals surface area contributed by atoms with Crippen molar-refractivity contribution in [2.24, 2.45) is 5.84 Å². The van der Waals surface area contributed by atoms with E-state index in [0.717, 1.165) is 13.1 Å². The number of nitrogens with zero attached hydrogens (tertiary/aromatic N) is 4. The van der Waals surface area contributed by atoms with Crippen molar-refractivity contribution in [2.75, 3.05) is 36.6 Å². The van der Waals surface area contributed by atoms with E-state index in [2.05, 4.69) is 20.4 Å². The number of nitrogens with two attached hydrogens (primary N) is 1. The van der Waals surface area contributed by atoms with Gasteiger partial charge in [0.2, 0.25) is 11.9 Å². The fraction of sp³-hybridized carbons (Fsp3) is 0.750. The van der Waals surface area contributed by atoms with Gasteiger partial charge in [-0.3, -0.25) is 5.43 Å². The highest BCUT2D eigenvalue weighted by Crippen LogP contribution is 2.15. The molecule has 0 spiro atoms. The SMILES string of the molecule is CCOCC(C)Oc1nc(NN)nc(N(CC)CC)n1. The molecule has 1 aromatic heterocycles. The molecule has 1 aromatic rings. The van der Waals surface area contributed by atoms with Crippen LogP contribution in [0.1, 0.15) is 27.7 Å². The van der Waals surface area contributed by atoms with Crippen LogP contribution < -0.4 is 20.9 Å². The number of anilines is 2. The summed E-state index contributed by atoms with van der Waals surface area (Å²) < 4.78 is 10.9. The number of hydrazine groups is 1. The van der Waals surface area contributed by atoms with Crippen molar-refractivity contribution in [1.82, 2.24) is 15.0 Å². The van der Waals surface area contributed by atoms with Crippen LogP contribution in [0.4, 0.5) is 11.9 Å². The zero-order chi connectivity index (χ0) is 15.0. The number of hydrogen-bond donors (Lipinski definition) is 2. The molecule has 0 aromatic carbocycles. The number of ether oxygens (including phenoxy) is 2. The van der Waals surface area contributed by atoms with Gasteiger partial charge in [-0.15, -0.1) is 0 Å². The highest BCUT2D eigenvalue weighted by atomic mass is 16.5. The Morgan fingerprint density at radius 2 is 1.90 bits per heavy atom. The third kappa shape index (κ3) is 4.78. The second kappa shape index (κ2) is 8.49. The van der Waals surface area contributed by atoms with Crippen LogP contribution in [0.2, 0.25) is 0 Å². The lowest BCUT2D eigenvalue weighted by atomic mass is 10.4. The minimum Gasteiger partial charge on any atom is -0.458 e. The van der Waals surface area contributed by atoms with E-state index in [1.165, 1.54) is 0 Å². The molecule has 0 aliphatic carbocycles. The van der Waals surface area contributed by atoms with E-state index in [0.29, 0.717) is 19.2 Å². The fourth-order valence-electron chi connectivity index (χ4n) is 1.61. The highest BCUT2D eigenvalue weighted by molar-refractivity contribution is 5.37. The molecule has 8 heteroatoms. The van der Waals surface area contributed by atoms with Crippen LogP contribution in [0.25, 0.3) is 0 Å². The van der Waals surface area contributed by atoms with Gasteiger partial charge in [-0.05, 0) is 27.7 Å². The minimum absolute atomic E-state index is 0.146. The average Bonchev–Trinajstić information content (AvgIpc) is 2.46. The topological polar surface area (TPSA) is 98.4 Å². The predicted molar refractivity (Wildman–Crippen MR) is 77.8 cm³/mol. The maximum Gasteiger partial charge on any atom is 0.323 e. The molecule has 114 valence electrons. The molecule has 1 rings (SSSR count). The molecule has 3 N–H and O–H groups in total. The Labute approximate surface area is 119 Å². The summed E-state index contributed by atoms with van der Waals surface area (Å²) in [6.45, 7) is 10.6. The standard InChI is InChI=1S/C12H24N6O2/c1-5-18(6-2)11-14-10(17-13)15-12(16-11)20-9(4)8-19-7-3/h9H,5-8,13H2,1-4H3,(H,14,15,16,17). The van der Waals surface area contributed by atoms with Crippen molar-refractivity contribution in [3.8, 4) is 6.01 Å². The van der Waals surface area contributed by atoms with Crippen LogP contribution in [0, 0.1) is 0 Å². The molecule has 1 unspecified atom stereocenters. The first-order chi connectivity index (χ1) is 9.64. The van der Waals surface area contributed by atoms with Crippen molar-refractivity contribution in [3.63, 3.8) is 0 Å². The fourth-order valence-corrected chi connectivity index (χ4v) is 1.61. The summed E-state index contributed by atoms with van der Waals surface area (Å²) in [7, 11) is 0. The van der Waals surface area contributed by atoms with Gasteiger partial charge in [0, 0.05) is 19.7 Å². The number of hydrogen-bond acceptors (Lipinski definition) is 8. The Kier molecular flexibility index (Phi) is 6.96. The maximum absolute atomic E-state index is 5.63. The summed E-state index contributed by atoms with van der Waals surface area (Å²) in [6.07, 6.45) is -0.146. The van der Waals surface area contributed by atoms with Gasteiger partial charge in [0.25, 0.3) is 0 Å². The van der Waals surface area contributed by atoms with Crippen LogP contribution >= 0.6 is 0 Å². The monoisotopic (exact) mass is 284 g/mol. The lowest BCUT2D eigenvalue weighted by Gasteiger charge is -2.20. The van der Waals surface area contributed by atoms with E-state index in [4.69, 9.17) is 15.3 Å². The Morgan fingerprint density at radius 3 is 2.45 bits per heavy atom. The van der Waals surface area contributed by atoms with Crippen molar-refractivity contribution >= 4 is 11.9 Å². The highest BCUT2D eigenvalue weighted by Gasteiger charge is 2.13. The molecular weight excluding hydrogens is 260 g/mol. The summed E-state index contributed by atoms with van der Waals surface area (Å²) in [6, 6.07) is 0.238. The maximum atomic E-state index is 5.63. The number of rotatable bonds is 9. The molecule has 0 saturated carbocycles. The van der Waals surface area contributed by atoms with Crippen molar-refractivity contribution < 1.29 is 9.47 Å². The summed E-state index contributed by atoms with van der Waals surface area (Å²) in [5, 5.41) is 0. The van der Waals surface area contributed by atoms with Crippen molar-refractivity contribution in [1.29, 1.82) is 0 Å². The zero-order valence-corrected chi connectivity index (χ0v) is 12.6. The van der Waals surface area contributed by atoms with Gasteiger partial charge in [-0.1, -0.05) is 0 Å².